The van der Waals surface area contributed by atoms with Crippen LogP contribution in [0.1, 0.15) is 71.1 Å². The maximum Gasteiger partial charge on any atom is 0.156 e. The van der Waals surface area contributed by atoms with Gasteiger partial charge in [0.25, 0.3) is 0 Å². The van der Waals surface area contributed by atoms with Crippen LogP contribution in [0, 0.1) is 11.8 Å². The minimum atomic E-state index is -0.0260. The average molecular weight is 263 g/mol. The van der Waals surface area contributed by atoms with Crippen molar-refractivity contribution >= 4 is 5.78 Å². The molecule has 108 valence electrons. The van der Waals surface area contributed by atoms with E-state index in [0.29, 0.717) is 11.7 Å². The van der Waals surface area contributed by atoms with Gasteiger partial charge in [-0.15, -0.1) is 0 Å². The Morgan fingerprint density at radius 1 is 0.947 bits per heavy atom. The van der Waals surface area contributed by atoms with E-state index in [-0.39, 0.29) is 5.54 Å². The molecule has 3 aliphatic rings. The average Bonchev–Trinajstić information content (AvgIpc) is 3.10. The summed E-state index contributed by atoms with van der Waals surface area (Å²) in [5.41, 5.74) is -0.0260. The van der Waals surface area contributed by atoms with E-state index in [2.05, 4.69) is 11.8 Å². The van der Waals surface area contributed by atoms with Gasteiger partial charge in [0.2, 0.25) is 0 Å². The summed E-state index contributed by atoms with van der Waals surface area (Å²) in [4.78, 5) is 15.7. The van der Waals surface area contributed by atoms with Crippen molar-refractivity contribution < 1.29 is 4.79 Å². The van der Waals surface area contributed by atoms with Crippen LogP contribution in [0.25, 0.3) is 0 Å². The molecule has 0 aromatic rings. The highest BCUT2D eigenvalue weighted by molar-refractivity contribution is 5.91. The first-order chi connectivity index (χ1) is 9.22. The number of rotatable bonds is 3. The fraction of sp³-hybridized carbons (Fsp3) is 0.941. The van der Waals surface area contributed by atoms with Crippen molar-refractivity contribution in [3.63, 3.8) is 0 Å². The highest BCUT2D eigenvalue weighted by atomic mass is 16.1. The highest BCUT2D eigenvalue weighted by Crippen LogP contribution is 2.42. The SMILES string of the molecule is CC1CCC(C(=O)C2(N3CCCC3)CCCC2)CC1. The second-order valence-electron chi connectivity index (χ2n) is 7.25. The maximum absolute atomic E-state index is 13.2. The van der Waals surface area contributed by atoms with Gasteiger partial charge in [0.15, 0.2) is 5.78 Å². The van der Waals surface area contributed by atoms with Gasteiger partial charge in [0, 0.05) is 5.92 Å². The molecule has 0 radical (unpaired) electrons. The van der Waals surface area contributed by atoms with Gasteiger partial charge in [-0.1, -0.05) is 32.6 Å². The first-order valence-electron chi connectivity index (χ1n) is 8.52. The number of likely N-dealkylation sites (tertiary alicyclic amines) is 1. The maximum atomic E-state index is 13.2. The Labute approximate surface area is 117 Å². The fourth-order valence-corrected chi connectivity index (χ4v) is 4.73. The lowest BCUT2D eigenvalue weighted by Crippen LogP contribution is -2.54. The van der Waals surface area contributed by atoms with Crippen molar-refractivity contribution in [3.05, 3.63) is 0 Å². The van der Waals surface area contributed by atoms with E-state index >= 15 is 0 Å². The number of ketones is 1. The molecule has 0 aromatic heterocycles. The monoisotopic (exact) mass is 263 g/mol. The van der Waals surface area contributed by atoms with Crippen LogP contribution in [0.5, 0.6) is 0 Å². The fourth-order valence-electron chi connectivity index (χ4n) is 4.73. The third-order valence-electron chi connectivity index (χ3n) is 5.99. The van der Waals surface area contributed by atoms with Gasteiger partial charge in [-0.3, -0.25) is 9.69 Å². The molecule has 0 bridgehead atoms. The number of hydrogen-bond donors (Lipinski definition) is 0. The molecule has 0 amide bonds. The van der Waals surface area contributed by atoms with E-state index in [1.165, 1.54) is 51.6 Å². The molecule has 2 heteroatoms. The summed E-state index contributed by atoms with van der Waals surface area (Å²) < 4.78 is 0. The first kappa shape index (κ1) is 13.6. The Kier molecular flexibility index (Phi) is 3.98. The second kappa shape index (κ2) is 5.55. The predicted octanol–water partition coefficient (Wildman–Crippen LogP) is 3.79. The summed E-state index contributed by atoms with van der Waals surface area (Å²) in [7, 11) is 0. The zero-order valence-electron chi connectivity index (χ0n) is 12.5. The van der Waals surface area contributed by atoms with Crippen LogP contribution in [-0.4, -0.2) is 29.3 Å². The summed E-state index contributed by atoms with van der Waals surface area (Å²) in [6.45, 7) is 4.69. The minimum Gasteiger partial charge on any atom is -0.297 e. The Bertz CT molecular complexity index is 318. The zero-order chi connectivity index (χ0) is 13.3. The Hall–Kier alpha value is -0.370. The van der Waals surface area contributed by atoms with Crippen LogP contribution >= 0.6 is 0 Å². The third kappa shape index (κ3) is 2.49. The van der Waals surface area contributed by atoms with Crippen LogP contribution in [0.2, 0.25) is 0 Å². The molecule has 0 unspecified atom stereocenters. The van der Waals surface area contributed by atoms with Crippen molar-refractivity contribution in [2.24, 2.45) is 11.8 Å². The van der Waals surface area contributed by atoms with Crippen molar-refractivity contribution in [2.75, 3.05) is 13.1 Å². The van der Waals surface area contributed by atoms with Crippen LogP contribution in [-0.2, 0) is 4.79 Å². The lowest BCUT2D eigenvalue weighted by molar-refractivity contribution is -0.136. The Morgan fingerprint density at radius 3 is 2.11 bits per heavy atom. The van der Waals surface area contributed by atoms with Crippen molar-refractivity contribution in [1.29, 1.82) is 0 Å². The summed E-state index contributed by atoms with van der Waals surface area (Å²) in [5, 5.41) is 0. The standard InChI is InChI=1S/C17H29NO/c1-14-6-8-15(9-7-14)16(19)17(10-2-3-11-17)18-12-4-5-13-18/h14-15H,2-13H2,1H3. The molecule has 1 heterocycles. The number of carbonyl (C=O) groups is 1. The molecule has 1 saturated heterocycles. The zero-order valence-corrected chi connectivity index (χ0v) is 12.5. The summed E-state index contributed by atoms with van der Waals surface area (Å²) in [6.07, 6.45) is 12.3. The minimum absolute atomic E-state index is 0.0260. The van der Waals surface area contributed by atoms with E-state index in [1.807, 2.05) is 0 Å². The molecule has 0 N–H and O–H groups in total. The quantitative estimate of drug-likeness (QED) is 0.772. The van der Waals surface area contributed by atoms with Gasteiger partial charge in [-0.05, 0) is 57.5 Å². The predicted molar refractivity (Wildman–Crippen MR) is 78.1 cm³/mol. The molecule has 3 rings (SSSR count). The van der Waals surface area contributed by atoms with Crippen molar-refractivity contribution in [2.45, 2.75) is 76.7 Å². The second-order valence-corrected chi connectivity index (χ2v) is 7.25. The first-order valence-corrected chi connectivity index (χ1v) is 8.52. The number of Topliss-reactive ketones (excluding diaryl/α,β-unsaturated/α-hetero) is 1. The molecular formula is C17H29NO. The van der Waals surface area contributed by atoms with E-state index in [4.69, 9.17) is 0 Å². The lowest BCUT2D eigenvalue weighted by Gasteiger charge is -2.41. The summed E-state index contributed by atoms with van der Waals surface area (Å²) >= 11 is 0. The molecule has 2 nitrogen and oxygen atoms in total. The van der Waals surface area contributed by atoms with Crippen LogP contribution < -0.4 is 0 Å². The topological polar surface area (TPSA) is 20.3 Å². The summed E-state index contributed by atoms with van der Waals surface area (Å²) in [5.74, 6) is 1.86. The van der Waals surface area contributed by atoms with Gasteiger partial charge in [0.05, 0.1) is 5.54 Å². The van der Waals surface area contributed by atoms with Gasteiger partial charge in [-0.25, -0.2) is 0 Å². The van der Waals surface area contributed by atoms with Crippen LogP contribution in [0.3, 0.4) is 0 Å². The largest absolute Gasteiger partial charge is 0.297 e. The van der Waals surface area contributed by atoms with E-state index < -0.39 is 0 Å². The molecule has 1 aliphatic heterocycles. The van der Waals surface area contributed by atoms with E-state index in [1.54, 1.807) is 0 Å². The van der Waals surface area contributed by atoms with Crippen LogP contribution in [0.15, 0.2) is 0 Å². The number of nitrogens with zero attached hydrogens (tertiary/aromatic N) is 1. The molecule has 19 heavy (non-hydrogen) atoms. The van der Waals surface area contributed by atoms with Gasteiger partial charge in [0.1, 0.15) is 0 Å². The molecular weight excluding hydrogens is 234 g/mol. The lowest BCUT2D eigenvalue weighted by atomic mass is 9.74. The molecule has 2 aliphatic carbocycles. The van der Waals surface area contributed by atoms with Gasteiger partial charge in [-0.2, -0.15) is 0 Å². The number of carbonyl (C=O) groups excluding carboxylic acids is 1. The molecule has 0 atom stereocenters. The normalized spacial score (nSPS) is 35.6. The van der Waals surface area contributed by atoms with Gasteiger partial charge < -0.3 is 0 Å². The number of hydrogen-bond acceptors (Lipinski definition) is 2. The third-order valence-corrected chi connectivity index (χ3v) is 5.99. The molecule has 0 aromatic carbocycles. The summed E-state index contributed by atoms with van der Waals surface area (Å²) in [6, 6.07) is 0. The van der Waals surface area contributed by atoms with Crippen molar-refractivity contribution in [1.82, 2.24) is 4.90 Å². The van der Waals surface area contributed by atoms with E-state index in [0.717, 1.165) is 31.6 Å². The smallest absolute Gasteiger partial charge is 0.156 e. The highest BCUT2D eigenvalue weighted by Gasteiger charge is 2.48. The van der Waals surface area contributed by atoms with E-state index in [9.17, 15) is 4.79 Å². The Balaban J connectivity index is 1.74. The Morgan fingerprint density at radius 2 is 1.53 bits per heavy atom. The van der Waals surface area contributed by atoms with Crippen LogP contribution in [0.4, 0.5) is 0 Å². The van der Waals surface area contributed by atoms with Crippen molar-refractivity contribution in [3.8, 4) is 0 Å². The molecule has 0 spiro atoms. The molecule has 2 saturated carbocycles. The molecule has 3 fully saturated rings. The van der Waals surface area contributed by atoms with Gasteiger partial charge >= 0.3 is 0 Å².